The normalized spacial score (nSPS) is 17.6. The van der Waals surface area contributed by atoms with Gasteiger partial charge in [-0.25, -0.2) is 0 Å². The minimum absolute atomic E-state index is 0.00550. The Morgan fingerprint density at radius 3 is 2.67 bits per heavy atom. The van der Waals surface area contributed by atoms with Crippen molar-refractivity contribution in [3.05, 3.63) is 81.9 Å². The molecule has 1 aliphatic heterocycles. The van der Waals surface area contributed by atoms with Gasteiger partial charge in [-0.2, -0.15) is 0 Å². The Kier molecular flexibility index (Phi) is 8.99. The van der Waals surface area contributed by atoms with Crippen molar-refractivity contribution in [2.45, 2.75) is 52.1 Å². The van der Waals surface area contributed by atoms with Crippen molar-refractivity contribution in [1.29, 1.82) is 0 Å². The zero-order valence-corrected chi connectivity index (χ0v) is 22.3. The molecule has 0 aliphatic carbocycles. The van der Waals surface area contributed by atoms with Crippen LogP contribution < -0.4 is 5.32 Å². The Morgan fingerprint density at radius 1 is 1.14 bits per heavy atom. The number of carbonyl (C=O) groups excluding carboxylic acids is 2. The van der Waals surface area contributed by atoms with Gasteiger partial charge in [-0.1, -0.05) is 51.5 Å². The fourth-order valence-electron chi connectivity index (χ4n) is 4.97. The summed E-state index contributed by atoms with van der Waals surface area (Å²) >= 11 is 1.61. The van der Waals surface area contributed by atoms with Gasteiger partial charge in [0.15, 0.2) is 0 Å². The molecule has 2 aromatic heterocycles. The number of rotatable bonds is 12. The number of carbonyl (C=O) groups is 2. The molecule has 3 heterocycles. The summed E-state index contributed by atoms with van der Waals surface area (Å²) in [5.41, 5.74) is 1.45. The molecule has 2 amide bonds. The summed E-state index contributed by atoms with van der Waals surface area (Å²) < 4.78 is 5.55. The summed E-state index contributed by atoms with van der Waals surface area (Å²) in [5, 5.41) is 5.23. The van der Waals surface area contributed by atoms with Crippen LogP contribution in [-0.2, 0) is 11.3 Å². The molecule has 0 fully saturated rings. The average Bonchev–Trinajstić information content (AvgIpc) is 3.58. The molecule has 4 rings (SSSR count). The average molecular weight is 508 g/mol. The van der Waals surface area contributed by atoms with E-state index in [9.17, 15) is 9.59 Å². The second-order valence-electron chi connectivity index (χ2n) is 9.88. The van der Waals surface area contributed by atoms with Gasteiger partial charge in [0.2, 0.25) is 5.91 Å². The van der Waals surface area contributed by atoms with Gasteiger partial charge >= 0.3 is 0 Å². The molecule has 1 aromatic carbocycles. The first-order valence-corrected chi connectivity index (χ1v) is 13.8. The third-order valence-electron chi connectivity index (χ3n) is 6.63. The van der Waals surface area contributed by atoms with Crippen LogP contribution in [-0.4, -0.2) is 47.8 Å². The summed E-state index contributed by atoms with van der Waals surface area (Å²) in [5.74, 6) is 0.741. The molecule has 6 nitrogen and oxygen atoms in total. The van der Waals surface area contributed by atoms with Crippen molar-refractivity contribution < 1.29 is 14.0 Å². The number of benzene rings is 1. The zero-order valence-electron chi connectivity index (χ0n) is 21.5. The van der Waals surface area contributed by atoms with Crippen LogP contribution in [0.2, 0.25) is 0 Å². The lowest BCUT2D eigenvalue weighted by atomic mass is 9.81. The maximum absolute atomic E-state index is 13.8. The number of furan rings is 1. The first-order valence-electron chi connectivity index (χ1n) is 12.9. The number of nitrogens with one attached hydrogen (secondary N) is 1. The molecular weight excluding hydrogens is 470 g/mol. The summed E-state index contributed by atoms with van der Waals surface area (Å²) in [7, 11) is 0. The van der Waals surface area contributed by atoms with Crippen molar-refractivity contribution in [3.8, 4) is 0 Å². The third kappa shape index (κ3) is 6.08. The summed E-state index contributed by atoms with van der Waals surface area (Å²) in [6.07, 6.45) is 3.91. The number of amides is 2. The molecule has 0 saturated carbocycles. The van der Waals surface area contributed by atoms with Gasteiger partial charge in [-0.3, -0.25) is 14.5 Å². The van der Waals surface area contributed by atoms with Crippen LogP contribution in [0.3, 0.4) is 0 Å². The van der Waals surface area contributed by atoms with Crippen LogP contribution in [0.25, 0.3) is 0 Å². The third-order valence-corrected chi connectivity index (χ3v) is 7.58. The van der Waals surface area contributed by atoms with E-state index in [1.54, 1.807) is 17.6 Å². The quantitative estimate of drug-likeness (QED) is 0.342. The Balaban J connectivity index is 1.55. The summed E-state index contributed by atoms with van der Waals surface area (Å²) in [4.78, 5) is 32.7. The molecule has 7 heteroatoms. The molecule has 0 saturated heterocycles. The monoisotopic (exact) mass is 507 g/mol. The minimum atomic E-state index is -0.453. The number of unbranched alkanes of at least 4 members (excludes halogenated alkanes) is 1. The second-order valence-corrected chi connectivity index (χ2v) is 10.9. The van der Waals surface area contributed by atoms with E-state index in [0.717, 1.165) is 48.7 Å². The molecule has 1 aliphatic rings. The highest BCUT2D eigenvalue weighted by Gasteiger charge is 2.44. The van der Waals surface area contributed by atoms with Crippen LogP contribution in [0.1, 0.15) is 72.1 Å². The highest BCUT2D eigenvalue weighted by atomic mass is 32.1. The number of fused-ring (bicyclic) bond motifs is 1. The Hall–Kier alpha value is -2.90. The summed E-state index contributed by atoms with van der Waals surface area (Å²) in [6.45, 7) is 9.96. The highest BCUT2D eigenvalue weighted by Crippen LogP contribution is 2.44. The van der Waals surface area contributed by atoms with Gasteiger partial charge in [-0.05, 0) is 54.1 Å². The van der Waals surface area contributed by atoms with Crippen LogP contribution in [0.15, 0.2) is 64.6 Å². The van der Waals surface area contributed by atoms with Gasteiger partial charge in [-0.15, -0.1) is 11.3 Å². The van der Waals surface area contributed by atoms with E-state index in [1.165, 1.54) is 0 Å². The van der Waals surface area contributed by atoms with Gasteiger partial charge in [0.25, 0.3) is 5.91 Å². The number of thiophene rings is 1. The number of hydrogen-bond acceptors (Lipinski definition) is 5. The zero-order chi connectivity index (χ0) is 25.5. The molecule has 0 bridgehead atoms. The van der Waals surface area contributed by atoms with Crippen LogP contribution in [0.5, 0.6) is 0 Å². The highest BCUT2D eigenvalue weighted by molar-refractivity contribution is 7.10. The fraction of sp³-hybridized carbons (Fsp3) is 0.448. The maximum atomic E-state index is 13.8. The Labute approximate surface area is 218 Å². The van der Waals surface area contributed by atoms with E-state index >= 15 is 0 Å². The molecule has 36 heavy (non-hydrogen) atoms. The first kappa shape index (κ1) is 26.2. The van der Waals surface area contributed by atoms with Crippen molar-refractivity contribution in [2.75, 3.05) is 26.2 Å². The molecule has 3 aromatic rings. The van der Waals surface area contributed by atoms with Crippen molar-refractivity contribution in [1.82, 2.24) is 15.1 Å². The second kappa shape index (κ2) is 12.4. The van der Waals surface area contributed by atoms with Gasteiger partial charge in [0.05, 0.1) is 24.8 Å². The topological polar surface area (TPSA) is 65.8 Å². The SMILES string of the molecule is CCCCN(CCNC(=O)[C@H]1c2ccccc2C(=O)N(CC(C)C)[C@H]1c1cccs1)Cc1ccco1. The number of nitrogens with zero attached hydrogens (tertiary/aromatic N) is 2. The molecule has 0 unspecified atom stereocenters. The van der Waals surface area contributed by atoms with E-state index in [4.69, 9.17) is 4.42 Å². The largest absolute Gasteiger partial charge is 0.468 e. The Morgan fingerprint density at radius 2 is 1.97 bits per heavy atom. The van der Waals surface area contributed by atoms with E-state index in [2.05, 4.69) is 31.0 Å². The molecule has 192 valence electrons. The van der Waals surface area contributed by atoms with E-state index < -0.39 is 5.92 Å². The fourth-order valence-corrected chi connectivity index (χ4v) is 5.84. The van der Waals surface area contributed by atoms with E-state index in [-0.39, 0.29) is 17.9 Å². The lowest BCUT2D eigenvalue weighted by Crippen LogP contribution is -2.49. The van der Waals surface area contributed by atoms with Crippen molar-refractivity contribution >= 4 is 23.2 Å². The summed E-state index contributed by atoms with van der Waals surface area (Å²) in [6, 6.07) is 15.2. The van der Waals surface area contributed by atoms with E-state index in [1.807, 2.05) is 58.8 Å². The lowest BCUT2D eigenvalue weighted by Gasteiger charge is -2.42. The Bertz CT molecular complexity index is 1110. The smallest absolute Gasteiger partial charge is 0.254 e. The molecule has 1 N–H and O–H groups in total. The molecule has 0 radical (unpaired) electrons. The molecule has 0 spiro atoms. The standard InChI is InChI=1S/C29H37N3O3S/c1-4-5-15-31(20-22-10-8-17-35-22)16-14-30-28(33)26-23-11-6-7-12-24(23)29(34)32(19-21(2)3)27(26)25-13-9-18-36-25/h6-13,17-18,21,26-27H,4-5,14-16,19-20H2,1-3H3,(H,30,33)/t26-,27-/m0/s1. The first-order chi connectivity index (χ1) is 17.5. The number of hydrogen-bond donors (Lipinski definition) is 1. The van der Waals surface area contributed by atoms with Crippen LogP contribution >= 0.6 is 11.3 Å². The lowest BCUT2D eigenvalue weighted by molar-refractivity contribution is -0.124. The predicted molar refractivity (Wildman–Crippen MR) is 144 cm³/mol. The van der Waals surface area contributed by atoms with Crippen molar-refractivity contribution in [2.24, 2.45) is 5.92 Å². The van der Waals surface area contributed by atoms with Crippen molar-refractivity contribution in [3.63, 3.8) is 0 Å². The van der Waals surface area contributed by atoms with Gasteiger partial charge in [0.1, 0.15) is 5.76 Å². The molecule has 2 atom stereocenters. The predicted octanol–water partition coefficient (Wildman–Crippen LogP) is 5.70. The minimum Gasteiger partial charge on any atom is -0.468 e. The van der Waals surface area contributed by atoms with E-state index in [0.29, 0.717) is 24.6 Å². The molecular formula is C29H37N3O3S. The van der Waals surface area contributed by atoms with Crippen LogP contribution in [0.4, 0.5) is 0 Å². The maximum Gasteiger partial charge on any atom is 0.254 e. The van der Waals surface area contributed by atoms with Gasteiger partial charge < -0.3 is 14.6 Å². The van der Waals surface area contributed by atoms with Crippen LogP contribution in [0, 0.1) is 5.92 Å². The van der Waals surface area contributed by atoms with Gasteiger partial charge in [0, 0.05) is 30.1 Å².